The molecule has 0 aromatic heterocycles. The highest BCUT2D eigenvalue weighted by atomic mass is 16.3. The van der Waals surface area contributed by atoms with Gasteiger partial charge in [0.05, 0.1) is 18.2 Å². The van der Waals surface area contributed by atoms with Gasteiger partial charge in [-0.25, -0.2) is 0 Å². The van der Waals surface area contributed by atoms with Crippen molar-refractivity contribution in [3.63, 3.8) is 0 Å². The summed E-state index contributed by atoms with van der Waals surface area (Å²) in [5.41, 5.74) is 5.33. The number of rotatable bonds is 12. The number of aliphatic hydroxyl groups excluding tert-OH is 1. The van der Waals surface area contributed by atoms with Crippen LogP contribution >= 0.6 is 0 Å². The predicted octanol–water partition coefficient (Wildman–Crippen LogP) is 3.40. The third-order valence-corrected chi connectivity index (χ3v) is 6.22. The lowest BCUT2D eigenvalue weighted by molar-refractivity contribution is -0.120. The zero-order valence-corrected chi connectivity index (χ0v) is 21.4. The number of anilines is 1. The number of hydrogen-bond donors (Lipinski definition) is 6. The number of carbonyl (C=O) groups is 2. The molecule has 0 spiro atoms. The molecule has 3 aromatic rings. The van der Waals surface area contributed by atoms with Crippen molar-refractivity contribution < 1.29 is 24.9 Å². The lowest BCUT2D eigenvalue weighted by Gasteiger charge is -2.18. The van der Waals surface area contributed by atoms with Crippen molar-refractivity contribution in [1.29, 1.82) is 0 Å². The molecule has 2 atom stereocenters. The average Bonchev–Trinajstić information content (AvgIpc) is 2.86. The van der Waals surface area contributed by atoms with Crippen LogP contribution in [-0.4, -0.2) is 40.2 Å². The van der Waals surface area contributed by atoms with E-state index in [-0.39, 0.29) is 35.6 Å². The standard InChI is InChI=1S/C29H35N3O5/c1-18-9-23(10-19(2)29(18)37)15-31-28(36)13-22-6-4-5-21(12-22)11-20(3)30-16-27(35)24-7-8-26(34)25(14-24)32-17-33/h4-10,12,14,17,20,27,30,34-35,37H,11,13,15-16H2,1-3H3,(H,31,36)(H,32,33)/t20-,27-/m1/s1. The van der Waals surface area contributed by atoms with E-state index in [1.165, 1.54) is 6.07 Å². The zero-order valence-electron chi connectivity index (χ0n) is 21.4. The number of aromatic hydroxyl groups is 2. The van der Waals surface area contributed by atoms with E-state index in [4.69, 9.17) is 0 Å². The molecule has 0 heterocycles. The van der Waals surface area contributed by atoms with Crippen molar-refractivity contribution in [2.24, 2.45) is 0 Å². The van der Waals surface area contributed by atoms with Crippen molar-refractivity contribution in [2.75, 3.05) is 11.9 Å². The topological polar surface area (TPSA) is 131 Å². The van der Waals surface area contributed by atoms with E-state index < -0.39 is 6.10 Å². The van der Waals surface area contributed by atoms with Crippen LogP contribution in [0.3, 0.4) is 0 Å². The first-order valence-electron chi connectivity index (χ1n) is 12.2. The molecule has 0 aliphatic heterocycles. The Morgan fingerprint density at radius 2 is 1.68 bits per heavy atom. The number of amides is 2. The van der Waals surface area contributed by atoms with Crippen molar-refractivity contribution >= 4 is 18.0 Å². The van der Waals surface area contributed by atoms with Crippen LogP contribution in [0.5, 0.6) is 11.5 Å². The number of nitrogens with one attached hydrogen (secondary N) is 3. The van der Waals surface area contributed by atoms with Crippen LogP contribution in [0, 0.1) is 13.8 Å². The summed E-state index contributed by atoms with van der Waals surface area (Å²) >= 11 is 0. The summed E-state index contributed by atoms with van der Waals surface area (Å²) in [6.07, 6.45) is 0.636. The van der Waals surface area contributed by atoms with Gasteiger partial charge < -0.3 is 31.3 Å². The van der Waals surface area contributed by atoms with Gasteiger partial charge in [-0.15, -0.1) is 0 Å². The monoisotopic (exact) mass is 505 g/mol. The second-order valence-electron chi connectivity index (χ2n) is 9.42. The van der Waals surface area contributed by atoms with Crippen molar-refractivity contribution in [3.05, 3.63) is 88.0 Å². The second-order valence-corrected chi connectivity index (χ2v) is 9.42. The molecule has 0 radical (unpaired) electrons. The van der Waals surface area contributed by atoms with Gasteiger partial charge in [0.2, 0.25) is 12.3 Å². The molecule has 3 rings (SSSR count). The van der Waals surface area contributed by atoms with Gasteiger partial charge in [0.25, 0.3) is 0 Å². The first kappa shape index (κ1) is 27.7. The Kier molecular flexibility index (Phi) is 9.65. The van der Waals surface area contributed by atoms with E-state index >= 15 is 0 Å². The molecule has 8 heteroatoms. The molecule has 2 amide bonds. The Hall–Kier alpha value is -3.88. The predicted molar refractivity (Wildman–Crippen MR) is 143 cm³/mol. The van der Waals surface area contributed by atoms with Crippen molar-refractivity contribution in [1.82, 2.24) is 10.6 Å². The number of aliphatic hydroxyl groups is 1. The minimum absolute atomic E-state index is 0.0596. The fourth-order valence-corrected chi connectivity index (χ4v) is 4.26. The quantitative estimate of drug-likeness (QED) is 0.165. The summed E-state index contributed by atoms with van der Waals surface area (Å²) in [5, 5.41) is 38.9. The number of phenols is 2. The molecule has 0 aliphatic carbocycles. The first-order valence-corrected chi connectivity index (χ1v) is 12.2. The van der Waals surface area contributed by atoms with Gasteiger partial charge >= 0.3 is 0 Å². The summed E-state index contributed by atoms with van der Waals surface area (Å²) in [5.74, 6) is 0.141. The normalized spacial score (nSPS) is 12.5. The molecule has 0 aliphatic rings. The molecule has 0 fully saturated rings. The molecule has 0 unspecified atom stereocenters. The van der Waals surface area contributed by atoms with Gasteiger partial charge in [0.15, 0.2) is 0 Å². The van der Waals surface area contributed by atoms with Crippen LogP contribution in [0.15, 0.2) is 54.6 Å². The van der Waals surface area contributed by atoms with Crippen LogP contribution in [-0.2, 0) is 29.0 Å². The molecule has 3 aromatic carbocycles. The molecule has 8 nitrogen and oxygen atoms in total. The number of aryl methyl sites for hydroxylation is 2. The first-order chi connectivity index (χ1) is 17.7. The van der Waals surface area contributed by atoms with Crippen LogP contribution in [0.25, 0.3) is 0 Å². The summed E-state index contributed by atoms with van der Waals surface area (Å²) in [6, 6.07) is 16.3. The SMILES string of the molecule is Cc1cc(CNC(=O)Cc2cccc(C[C@@H](C)NC[C@@H](O)c3ccc(O)c(NC=O)c3)c2)cc(C)c1O. The fourth-order valence-electron chi connectivity index (χ4n) is 4.26. The minimum Gasteiger partial charge on any atom is -0.507 e. The molecule has 0 saturated heterocycles. The third-order valence-electron chi connectivity index (χ3n) is 6.22. The maximum Gasteiger partial charge on any atom is 0.224 e. The molecular weight excluding hydrogens is 470 g/mol. The largest absolute Gasteiger partial charge is 0.507 e. The molecule has 196 valence electrons. The molecular formula is C29H35N3O5. The number of carbonyl (C=O) groups excluding carboxylic acids is 2. The Bertz CT molecular complexity index is 1220. The Labute approximate surface area is 217 Å². The summed E-state index contributed by atoms with van der Waals surface area (Å²) < 4.78 is 0. The number of benzene rings is 3. The Morgan fingerprint density at radius 1 is 0.973 bits per heavy atom. The number of phenolic OH excluding ortho intramolecular Hbond substituents is 2. The molecule has 6 N–H and O–H groups in total. The zero-order chi connectivity index (χ0) is 26.9. The van der Waals surface area contributed by atoms with Gasteiger partial charge in [-0.05, 0) is 72.7 Å². The summed E-state index contributed by atoms with van der Waals surface area (Å²) in [4.78, 5) is 23.2. The fraction of sp³-hybridized carbons (Fsp3) is 0.310. The smallest absolute Gasteiger partial charge is 0.224 e. The van der Waals surface area contributed by atoms with E-state index in [9.17, 15) is 24.9 Å². The highest BCUT2D eigenvalue weighted by Crippen LogP contribution is 2.26. The highest BCUT2D eigenvalue weighted by Gasteiger charge is 2.13. The molecule has 0 bridgehead atoms. The molecule has 37 heavy (non-hydrogen) atoms. The van der Waals surface area contributed by atoms with Crippen LogP contribution in [0.1, 0.15) is 46.4 Å². The summed E-state index contributed by atoms with van der Waals surface area (Å²) in [6.45, 7) is 6.39. The maximum atomic E-state index is 12.5. The van der Waals surface area contributed by atoms with E-state index in [2.05, 4.69) is 16.0 Å². The van der Waals surface area contributed by atoms with Crippen LogP contribution in [0.2, 0.25) is 0 Å². The van der Waals surface area contributed by atoms with Crippen molar-refractivity contribution in [2.45, 2.75) is 52.3 Å². The average molecular weight is 506 g/mol. The highest BCUT2D eigenvalue weighted by molar-refractivity contribution is 5.78. The van der Waals surface area contributed by atoms with Gasteiger partial charge in [0, 0.05) is 19.1 Å². The minimum atomic E-state index is -0.813. The Morgan fingerprint density at radius 3 is 2.38 bits per heavy atom. The third kappa shape index (κ3) is 8.06. The van der Waals surface area contributed by atoms with Gasteiger partial charge in [-0.3, -0.25) is 9.59 Å². The van der Waals surface area contributed by atoms with Gasteiger partial charge in [-0.1, -0.05) is 42.5 Å². The Balaban J connectivity index is 1.49. The lowest BCUT2D eigenvalue weighted by atomic mass is 10.0. The second kappa shape index (κ2) is 12.9. The van der Waals surface area contributed by atoms with Crippen molar-refractivity contribution in [3.8, 4) is 11.5 Å². The lowest BCUT2D eigenvalue weighted by Crippen LogP contribution is -2.32. The molecule has 0 saturated carbocycles. The van der Waals surface area contributed by atoms with E-state index in [1.807, 2.05) is 57.2 Å². The van der Waals surface area contributed by atoms with E-state index in [0.29, 0.717) is 31.5 Å². The van der Waals surface area contributed by atoms with Crippen LogP contribution < -0.4 is 16.0 Å². The number of hydrogen-bond acceptors (Lipinski definition) is 6. The maximum absolute atomic E-state index is 12.5. The van der Waals surface area contributed by atoms with E-state index in [0.717, 1.165) is 27.8 Å². The van der Waals surface area contributed by atoms with Gasteiger partial charge in [0.1, 0.15) is 11.5 Å². The van der Waals surface area contributed by atoms with E-state index in [1.54, 1.807) is 12.1 Å². The van der Waals surface area contributed by atoms with Crippen LogP contribution in [0.4, 0.5) is 5.69 Å². The van der Waals surface area contributed by atoms with Gasteiger partial charge in [-0.2, -0.15) is 0 Å². The summed E-state index contributed by atoms with van der Waals surface area (Å²) in [7, 11) is 0.